The Morgan fingerprint density at radius 2 is 1.86 bits per heavy atom. The van der Waals surface area contributed by atoms with Crippen molar-refractivity contribution in [1.82, 2.24) is 25.2 Å². The number of rotatable bonds is 5. The predicted octanol–water partition coefficient (Wildman–Crippen LogP) is 2.58. The van der Waals surface area contributed by atoms with Gasteiger partial charge in [-0.2, -0.15) is 5.10 Å². The van der Waals surface area contributed by atoms with Crippen molar-refractivity contribution in [3.05, 3.63) is 54.4 Å². The van der Waals surface area contributed by atoms with E-state index in [0.717, 1.165) is 36.9 Å². The second kappa shape index (κ2) is 8.21. The van der Waals surface area contributed by atoms with Gasteiger partial charge in [0.15, 0.2) is 5.65 Å². The maximum absolute atomic E-state index is 12.6. The van der Waals surface area contributed by atoms with Gasteiger partial charge in [-0.3, -0.25) is 9.59 Å². The molecule has 0 saturated heterocycles. The number of aromatic nitrogens is 3. The van der Waals surface area contributed by atoms with Gasteiger partial charge in [0.25, 0.3) is 5.91 Å². The summed E-state index contributed by atoms with van der Waals surface area (Å²) in [6, 6.07) is 11.9. The van der Waals surface area contributed by atoms with E-state index in [4.69, 9.17) is 0 Å². The molecular weight excluding hydrogens is 354 g/mol. The van der Waals surface area contributed by atoms with Crippen LogP contribution in [0.4, 0.5) is 0 Å². The predicted molar refractivity (Wildman–Crippen MR) is 106 cm³/mol. The molecule has 2 N–H and O–H groups in total. The lowest BCUT2D eigenvalue weighted by molar-refractivity contribution is -0.121. The lowest BCUT2D eigenvalue weighted by Gasteiger charge is -2.22. The molecule has 144 valence electrons. The average molecular weight is 377 g/mol. The molecule has 1 fully saturated rings. The summed E-state index contributed by atoms with van der Waals surface area (Å²) in [5.74, 6) is -0.513. The topological polar surface area (TPSA) is 88.4 Å². The molecule has 0 unspecified atom stereocenters. The summed E-state index contributed by atoms with van der Waals surface area (Å²) in [6.07, 6.45) is 8.70. The van der Waals surface area contributed by atoms with E-state index in [2.05, 4.69) is 20.7 Å². The average Bonchev–Trinajstić information content (AvgIpc) is 3.18. The third-order valence-electron chi connectivity index (χ3n) is 5.10. The Kier molecular flexibility index (Phi) is 5.32. The van der Waals surface area contributed by atoms with Gasteiger partial charge in [-0.25, -0.2) is 9.50 Å². The maximum atomic E-state index is 12.6. The molecule has 4 rings (SSSR count). The minimum atomic E-state index is -0.355. The standard InChI is InChI=1S/C21H23N5O2/c27-19(25-16-9-5-2-6-10-16)14-23-21(28)17-13-24-26-18(11-12-22-20(17)26)15-7-3-1-4-8-15/h1,3-4,7-8,11-13,16H,2,5-6,9-10,14H2,(H,23,28)(H,25,27). The molecular formula is C21H23N5O2. The third kappa shape index (κ3) is 3.88. The maximum Gasteiger partial charge on any atom is 0.257 e. The fourth-order valence-electron chi connectivity index (χ4n) is 3.66. The molecule has 2 aromatic heterocycles. The molecule has 1 aliphatic carbocycles. The van der Waals surface area contributed by atoms with Gasteiger partial charge in [0, 0.05) is 17.8 Å². The van der Waals surface area contributed by atoms with E-state index < -0.39 is 0 Å². The number of hydrogen-bond donors (Lipinski definition) is 2. The molecule has 1 aromatic carbocycles. The summed E-state index contributed by atoms with van der Waals surface area (Å²) in [5, 5.41) is 10.0. The molecule has 2 heterocycles. The van der Waals surface area contributed by atoms with Crippen LogP contribution in [0.3, 0.4) is 0 Å². The monoisotopic (exact) mass is 377 g/mol. The Morgan fingerprint density at radius 3 is 2.64 bits per heavy atom. The normalized spacial score (nSPS) is 14.7. The lowest BCUT2D eigenvalue weighted by Crippen LogP contribution is -2.42. The van der Waals surface area contributed by atoms with Crippen molar-refractivity contribution >= 4 is 17.5 Å². The molecule has 7 nitrogen and oxygen atoms in total. The zero-order chi connectivity index (χ0) is 19.3. The first-order valence-corrected chi connectivity index (χ1v) is 9.68. The Labute approximate surface area is 163 Å². The smallest absolute Gasteiger partial charge is 0.257 e. The van der Waals surface area contributed by atoms with Gasteiger partial charge in [0.05, 0.1) is 18.4 Å². The number of nitrogens with one attached hydrogen (secondary N) is 2. The zero-order valence-electron chi connectivity index (χ0n) is 15.6. The fourth-order valence-corrected chi connectivity index (χ4v) is 3.66. The van der Waals surface area contributed by atoms with Crippen LogP contribution in [0.25, 0.3) is 16.9 Å². The van der Waals surface area contributed by atoms with Crippen LogP contribution in [0.5, 0.6) is 0 Å². The number of nitrogens with zero attached hydrogens (tertiary/aromatic N) is 3. The van der Waals surface area contributed by atoms with E-state index in [1.54, 1.807) is 10.7 Å². The highest BCUT2D eigenvalue weighted by atomic mass is 16.2. The van der Waals surface area contributed by atoms with Crippen molar-refractivity contribution in [3.63, 3.8) is 0 Å². The largest absolute Gasteiger partial charge is 0.352 e. The quantitative estimate of drug-likeness (QED) is 0.715. The summed E-state index contributed by atoms with van der Waals surface area (Å²) in [4.78, 5) is 29.0. The summed E-state index contributed by atoms with van der Waals surface area (Å²) < 4.78 is 1.65. The van der Waals surface area contributed by atoms with Crippen molar-refractivity contribution in [2.75, 3.05) is 6.54 Å². The second-order valence-electron chi connectivity index (χ2n) is 7.07. The van der Waals surface area contributed by atoms with E-state index in [0.29, 0.717) is 11.2 Å². The van der Waals surface area contributed by atoms with Crippen molar-refractivity contribution in [2.24, 2.45) is 0 Å². The van der Waals surface area contributed by atoms with Gasteiger partial charge in [-0.05, 0) is 18.9 Å². The highest BCUT2D eigenvalue weighted by molar-refractivity contribution is 6.01. The minimum absolute atomic E-state index is 0.0505. The van der Waals surface area contributed by atoms with Crippen LogP contribution in [0.2, 0.25) is 0 Å². The van der Waals surface area contributed by atoms with Crippen LogP contribution >= 0.6 is 0 Å². The number of carbonyl (C=O) groups excluding carboxylic acids is 2. The van der Waals surface area contributed by atoms with Crippen molar-refractivity contribution in [3.8, 4) is 11.3 Å². The van der Waals surface area contributed by atoms with Gasteiger partial charge < -0.3 is 10.6 Å². The summed E-state index contributed by atoms with van der Waals surface area (Å²) in [6.45, 7) is -0.0505. The van der Waals surface area contributed by atoms with Crippen LogP contribution in [0.1, 0.15) is 42.5 Å². The highest BCUT2D eigenvalue weighted by Crippen LogP contribution is 2.20. The Morgan fingerprint density at radius 1 is 1.07 bits per heavy atom. The van der Waals surface area contributed by atoms with Crippen LogP contribution in [0, 0.1) is 0 Å². The van der Waals surface area contributed by atoms with Gasteiger partial charge >= 0.3 is 0 Å². The molecule has 28 heavy (non-hydrogen) atoms. The van der Waals surface area contributed by atoms with Crippen molar-refractivity contribution in [2.45, 2.75) is 38.1 Å². The molecule has 0 atom stereocenters. The third-order valence-corrected chi connectivity index (χ3v) is 5.10. The van der Waals surface area contributed by atoms with E-state index in [1.807, 2.05) is 36.4 Å². The molecule has 0 spiro atoms. The van der Waals surface area contributed by atoms with Crippen LogP contribution < -0.4 is 10.6 Å². The fraction of sp³-hybridized carbons (Fsp3) is 0.333. The molecule has 3 aromatic rings. The molecule has 0 aliphatic heterocycles. The summed E-state index contributed by atoms with van der Waals surface area (Å²) in [7, 11) is 0. The van der Waals surface area contributed by atoms with E-state index in [9.17, 15) is 9.59 Å². The van der Waals surface area contributed by atoms with Crippen LogP contribution in [0.15, 0.2) is 48.8 Å². The van der Waals surface area contributed by atoms with Gasteiger partial charge in [0.2, 0.25) is 5.91 Å². The van der Waals surface area contributed by atoms with Crippen molar-refractivity contribution in [1.29, 1.82) is 0 Å². The van der Waals surface area contributed by atoms with E-state index in [-0.39, 0.29) is 24.4 Å². The SMILES string of the molecule is O=C(CNC(=O)c1cnn2c(-c3ccccc3)ccnc12)NC1CCCCC1. The highest BCUT2D eigenvalue weighted by Gasteiger charge is 2.19. The minimum Gasteiger partial charge on any atom is -0.352 e. The van der Waals surface area contributed by atoms with Gasteiger partial charge in [-0.1, -0.05) is 49.6 Å². The molecule has 0 radical (unpaired) electrons. The van der Waals surface area contributed by atoms with Crippen LogP contribution in [-0.4, -0.2) is 39.0 Å². The summed E-state index contributed by atoms with van der Waals surface area (Å²) in [5.41, 5.74) is 2.64. The molecule has 0 bridgehead atoms. The number of carbonyl (C=O) groups is 2. The first-order chi connectivity index (χ1) is 13.7. The molecule has 1 saturated carbocycles. The van der Waals surface area contributed by atoms with E-state index >= 15 is 0 Å². The number of benzene rings is 1. The Hall–Kier alpha value is -3.22. The van der Waals surface area contributed by atoms with Crippen molar-refractivity contribution < 1.29 is 9.59 Å². The Bertz CT molecular complexity index is 977. The molecule has 2 amide bonds. The van der Waals surface area contributed by atoms with Gasteiger partial charge in [0.1, 0.15) is 5.56 Å². The second-order valence-corrected chi connectivity index (χ2v) is 7.07. The lowest BCUT2D eigenvalue weighted by atomic mass is 9.95. The zero-order valence-corrected chi connectivity index (χ0v) is 15.6. The number of amides is 2. The first-order valence-electron chi connectivity index (χ1n) is 9.68. The molecule has 1 aliphatic rings. The van der Waals surface area contributed by atoms with Crippen LogP contribution in [-0.2, 0) is 4.79 Å². The number of hydrogen-bond acceptors (Lipinski definition) is 4. The summed E-state index contributed by atoms with van der Waals surface area (Å²) >= 11 is 0. The Balaban J connectivity index is 1.45. The van der Waals surface area contributed by atoms with E-state index in [1.165, 1.54) is 12.6 Å². The molecule has 7 heteroatoms. The number of fused-ring (bicyclic) bond motifs is 1. The van der Waals surface area contributed by atoms with Gasteiger partial charge in [-0.15, -0.1) is 0 Å². The first kappa shape index (κ1) is 18.2.